The third kappa shape index (κ3) is 7.11. The maximum atomic E-state index is 11.5. The van der Waals surface area contributed by atoms with Crippen LogP contribution in [0.2, 0.25) is 0 Å². The first-order valence-electron chi connectivity index (χ1n) is 5.09. The van der Waals surface area contributed by atoms with Gasteiger partial charge in [-0.25, -0.2) is 13.1 Å². The molecule has 2 N–H and O–H groups in total. The third-order valence-electron chi connectivity index (χ3n) is 2.13. The van der Waals surface area contributed by atoms with Crippen LogP contribution in [0.25, 0.3) is 0 Å². The Kier molecular flexibility index (Phi) is 7.52. The Morgan fingerprint density at radius 1 is 1.33 bits per heavy atom. The molecular formula is C9H20ClNO3S. The summed E-state index contributed by atoms with van der Waals surface area (Å²) in [4.78, 5) is 0. The molecule has 0 heterocycles. The second kappa shape index (κ2) is 7.44. The summed E-state index contributed by atoms with van der Waals surface area (Å²) in [6.45, 7) is 3.55. The van der Waals surface area contributed by atoms with E-state index in [0.717, 1.165) is 0 Å². The van der Waals surface area contributed by atoms with Gasteiger partial charge in [0.25, 0.3) is 0 Å². The van der Waals surface area contributed by atoms with Gasteiger partial charge in [0.2, 0.25) is 10.0 Å². The van der Waals surface area contributed by atoms with Crippen molar-refractivity contribution in [1.29, 1.82) is 0 Å². The minimum Gasteiger partial charge on any atom is -0.395 e. The fourth-order valence-electron chi connectivity index (χ4n) is 1.06. The van der Waals surface area contributed by atoms with Crippen LogP contribution in [-0.2, 0) is 10.0 Å². The molecular weight excluding hydrogens is 238 g/mol. The summed E-state index contributed by atoms with van der Waals surface area (Å²) >= 11 is 5.46. The Morgan fingerprint density at radius 2 is 1.93 bits per heavy atom. The van der Waals surface area contributed by atoms with E-state index in [2.05, 4.69) is 4.72 Å². The van der Waals surface area contributed by atoms with Crippen LogP contribution < -0.4 is 4.72 Å². The minimum atomic E-state index is -3.28. The molecule has 4 nitrogen and oxygen atoms in total. The number of aliphatic hydroxyl groups excluding tert-OH is 1. The number of aliphatic hydroxyl groups is 1. The van der Waals surface area contributed by atoms with Gasteiger partial charge in [-0.05, 0) is 18.8 Å². The standard InChI is InChI=1S/C9H20ClNO3S/c1-8(2)9(7-12)11-15(13,14)6-4-3-5-10/h8-9,11-12H,3-7H2,1-2H3/t9-/m1/s1. The number of nitrogens with one attached hydrogen (secondary N) is 1. The van der Waals surface area contributed by atoms with Gasteiger partial charge in [-0.1, -0.05) is 13.8 Å². The summed E-state index contributed by atoms with van der Waals surface area (Å²) in [5.74, 6) is 0.629. The highest BCUT2D eigenvalue weighted by atomic mass is 35.5. The molecule has 1 atom stereocenters. The summed E-state index contributed by atoms with van der Waals surface area (Å²) in [6, 6.07) is -0.397. The molecule has 0 fully saturated rings. The van der Waals surface area contributed by atoms with Crippen molar-refractivity contribution in [2.24, 2.45) is 5.92 Å². The molecule has 0 bridgehead atoms. The molecule has 0 aromatic carbocycles. The number of rotatable bonds is 8. The highest BCUT2D eigenvalue weighted by Gasteiger charge is 2.19. The minimum absolute atomic E-state index is 0.0724. The predicted octanol–water partition coefficient (Wildman–Crippen LogP) is 0.942. The Morgan fingerprint density at radius 3 is 2.33 bits per heavy atom. The van der Waals surface area contributed by atoms with Gasteiger partial charge < -0.3 is 5.11 Å². The van der Waals surface area contributed by atoms with Crippen LogP contribution in [0.15, 0.2) is 0 Å². The zero-order valence-electron chi connectivity index (χ0n) is 9.24. The fraction of sp³-hybridized carbons (Fsp3) is 1.00. The van der Waals surface area contributed by atoms with Crippen LogP contribution >= 0.6 is 11.6 Å². The van der Waals surface area contributed by atoms with E-state index in [-0.39, 0.29) is 18.3 Å². The second-order valence-corrected chi connectivity index (χ2v) is 6.12. The van der Waals surface area contributed by atoms with Gasteiger partial charge in [0.05, 0.1) is 12.4 Å². The van der Waals surface area contributed by atoms with Crippen LogP contribution in [-0.4, -0.2) is 37.8 Å². The van der Waals surface area contributed by atoms with Crippen molar-refractivity contribution in [3.8, 4) is 0 Å². The van der Waals surface area contributed by atoms with Crippen LogP contribution in [0.4, 0.5) is 0 Å². The lowest BCUT2D eigenvalue weighted by molar-refractivity contribution is 0.227. The quantitative estimate of drug-likeness (QED) is 0.502. The van der Waals surface area contributed by atoms with Gasteiger partial charge in [0, 0.05) is 11.9 Å². The lowest BCUT2D eigenvalue weighted by atomic mass is 10.1. The summed E-state index contributed by atoms with van der Waals surface area (Å²) in [5.41, 5.74) is 0. The number of unbranched alkanes of at least 4 members (excludes halogenated alkanes) is 1. The molecule has 0 spiro atoms. The average Bonchev–Trinajstić information content (AvgIpc) is 2.14. The SMILES string of the molecule is CC(C)[C@@H](CO)NS(=O)(=O)CCCCCl. The molecule has 0 saturated carbocycles. The molecule has 0 radical (unpaired) electrons. The lowest BCUT2D eigenvalue weighted by Crippen LogP contribution is -2.42. The van der Waals surface area contributed by atoms with E-state index in [9.17, 15) is 8.42 Å². The van der Waals surface area contributed by atoms with Gasteiger partial charge in [0.15, 0.2) is 0 Å². The monoisotopic (exact) mass is 257 g/mol. The third-order valence-corrected chi connectivity index (χ3v) is 3.88. The first kappa shape index (κ1) is 15.2. The summed E-state index contributed by atoms with van der Waals surface area (Å²) < 4.78 is 25.5. The molecule has 0 amide bonds. The largest absolute Gasteiger partial charge is 0.395 e. The molecule has 0 aromatic heterocycles. The van der Waals surface area contributed by atoms with E-state index < -0.39 is 16.1 Å². The molecule has 0 aliphatic rings. The first-order valence-corrected chi connectivity index (χ1v) is 7.28. The number of alkyl halides is 1. The number of halogens is 1. The van der Waals surface area contributed by atoms with Crippen molar-refractivity contribution in [1.82, 2.24) is 4.72 Å². The molecule has 6 heteroatoms. The fourth-order valence-corrected chi connectivity index (χ4v) is 2.76. The summed E-state index contributed by atoms with van der Waals surface area (Å²) in [5, 5.41) is 8.98. The highest BCUT2D eigenvalue weighted by Crippen LogP contribution is 2.04. The van der Waals surface area contributed by atoms with Crippen LogP contribution in [0.5, 0.6) is 0 Å². The molecule has 0 unspecified atom stereocenters. The predicted molar refractivity (Wildman–Crippen MR) is 62.6 cm³/mol. The topological polar surface area (TPSA) is 66.4 Å². The molecule has 0 saturated heterocycles. The summed E-state index contributed by atoms with van der Waals surface area (Å²) in [7, 11) is -3.28. The average molecular weight is 258 g/mol. The van der Waals surface area contributed by atoms with Crippen molar-refractivity contribution in [3.05, 3.63) is 0 Å². The Hall–Kier alpha value is 0.160. The zero-order chi connectivity index (χ0) is 11.9. The van der Waals surface area contributed by atoms with E-state index in [1.165, 1.54) is 0 Å². The number of hydrogen-bond donors (Lipinski definition) is 2. The zero-order valence-corrected chi connectivity index (χ0v) is 10.8. The molecule has 15 heavy (non-hydrogen) atoms. The summed E-state index contributed by atoms with van der Waals surface area (Å²) in [6.07, 6.45) is 1.24. The number of sulfonamides is 1. The second-order valence-electron chi connectivity index (χ2n) is 3.87. The first-order chi connectivity index (χ1) is 6.93. The Bertz CT molecular complexity index is 254. The normalized spacial score (nSPS) is 14.5. The molecule has 0 aliphatic heterocycles. The van der Waals surface area contributed by atoms with E-state index in [0.29, 0.717) is 18.7 Å². The van der Waals surface area contributed by atoms with E-state index >= 15 is 0 Å². The maximum Gasteiger partial charge on any atom is 0.211 e. The molecule has 0 rings (SSSR count). The van der Waals surface area contributed by atoms with Crippen LogP contribution in [0.3, 0.4) is 0 Å². The van der Waals surface area contributed by atoms with Crippen molar-refractivity contribution in [3.63, 3.8) is 0 Å². The van der Waals surface area contributed by atoms with Crippen LogP contribution in [0.1, 0.15) is 26.7 Å². The van der Waals surface area contributed by atoms with Gasteiger partial charge in [-0.15, -0.1) is 11.6 Å². The molecule has 0 aliphatic carbocycles. The van der Waals surface area contributed by atoms with Crippen molar-refractivity contribution in [2.45, 2.75) is 32.7 Å². The van der Waals surface area contributed by atoms with Gasteiger partial charge in [0.1, 0.15) is 0 Å². The van der Waals surface area contributed by atoms with Crippen molar-refractivity contribution >= 4 is 21.6 Å². The van der Waals surface area contributed by atoms with E-state index in [1.54, 1.807) is 0 Å². The van der Waals surface area contributed by atoms with Crippen molar-refractivity contribution < 1.29 is 13.5 Å². The molecule has 0 aromatic rings. The highest BCUT2D eigenvalue weighted by molar-refractivity contribution is 7.89. The maximum absolute atomic E-state index is 11.5. The lowest BCUT2D eigenvalue weighted by Gasteiger charge is -2.19. The van der Waals surface area contributed by atoms with E-state index in [1.807, 2.05) is 13.8 Å². The van der Waals surface area contributed by atoms with Gasteiger partial charge in [-0.2, -0.15) is 0 Å². The van der Waals surface area contributed by atoms with Gasteiger partial charge in [-0.3, -0.25) is 0 Å². The van der Waals surface area contributed by atoms with Crippen molar-refractivity contribution in [2.75, 3.05) is 18.2 Å². The molecule has 92 valence electrons. The number of hydrogen-bond acceptors (Lipinski definition) is 3. The van der Waals surface area contributed by atoms with E-state index in [4.69, 9.17) is 16.7 Å². The van der Waals surface area contributed by atoms with Crippen LogP contribution in [0, 0.1) is 5.92 Å². The Balaban J connectivity index is 4.11. The smallest absolute Gasteiger partial charge is 0.211 e. The van der Waals surface area contributed by atoms with Gasteiger partial charge >= 0.3 is 0 Å². The Labute approximate surface area is 97.1 Å².